The second-order valence-corrected chi connectivity index (χ2v) is 7.56. The Hall–Kier alpha value is -0.220. The summed E-state index contributed by atoms with van der Waals surface area (Å²) < 4.78 is 0. The van der Waals surface area contributed by atoms with Gasteiger partial charge >= 0.3 is 0 Å². The first-order chi connectivity index (χ1) is 8.66. The van der Waals surface area contributed by atoms with Crippen LogP contribution in [0.15, 0.2) is 0 Å². The van der Waals surface area contributed by atoms with Gasteiger partial charge in [-0.3, -0.25) is 4.79 Å². The maximum absolute atomic E-state index is 12.2. The fourth-order valence-electron chi connectivity index (χ4n) is 3.88. The lowest BCUT2D eigenvalue weighted by Gasteiger charge is -2.32. The first-order valence-electron chi connectivity index (χ1n) is 7.24. The van der Waals surface area contributed by atoms with Crippen molar-refractivity contribution in [1.82, 2.24) is 5.32 Å². The molecule has 3 nitrogen and oxygen atoms in total. The summed E-state index contributed by atoms with van der Waals surface area (Å²) >= 11 is 1.89. The standard InChI is InChI=1S/C14H23NO2S/c16-13(12-8-10-1-2-11(12)7-10)15-9-14(17)3-5-18-6-4-14/h10-12,17H,1-9H2,(H,15,16). The number of hydrogen-bond acceptors (Lipinski definition) is 3. The molecule has 0 aromatic carbocycles. The van der Waals surface area contributed by atoms with Gasteiger partial charge in [0.25, 0.3) is 0 Å². The molecule has 3 aliphatic rings. The highest BCUT2D eigenvalue weighted by atomic mass is 32.2. The van der Waals surface area contributed by atoms with Gasteiger partial charge < -0.3 is 10.4 Å². The molecule has 102 valence electrons. The van der Waals surface area contributed by atoms with Crippen molar-refractivity contribution in [3.05, 3.63) is 0 Å². The highest BCUT2D eigenvalue weighted by Crippen LogP contribution is 2.48. The Balaban J connectivity index is 1.49. The number of rotatable bonds is 3. The molecule has 0 aromatic rings. The lowest BCUT2D eigenvalue weighted by atomic mass is 9.88. The van der Waals surface area contributed by atoms with Crippen LogP contribution in [0.1, 0.15) is 38.5 Å². The van der Waals surface area contributed by atoms with Gasteiger partial charge in [0, 0.05) is 12.5 Å². The van der Waals surface area contributed by atoms with Crippen molar-refractivity contribution >= 4 is 17.7 Å². The minimum absolute atomic E-state index is 0.203. The van der Waals surface area contributed by atoms with E-state index in [9.17, 15) is 9.90 Å². The zero-order valence-corrected chi connectivity index (χ0v) is 11.7. The van der Waals surface area contributed by atoms with Crippen molar-refractivity contribution in [2.75, 3.05) is 18.1 Å². The zero-order chi connectivity index (χ0) is 12.6. The summed E-state index contributed by atoms with van der Waals surface area (Å²) in [5.74, 6) is 3.91. The molecule has 18 heavy (non-hydrogen) atoms. The van der Waals surface area contributed by atoms with E-state index in [1.165, 1.54) is 19.3 Å². The molecule has 2 saturated carbocycles. The van der Waals surface area contributed by atoms with E-state index in [2.05, 4.69) is 5.32 Å². The van der Waals surface area contributed by atoms with Gasteiger partial charge in [-0.2, -0.15) is 11.8 Å². The summed E-state index contributed by atoms with van der Waals surface area (Å²) in [6, 6.07) is 0. The molecule has 2 aliphatic carbocycles. The third-order valence-electron chi connectivity index (χ3n) is 5.09. The monoisotopic (exact) mass is 269 g/mol. The number of carbonyl (C=O) groups excluding carboxylic acids is 1. The predicted molar refractivity (Wildman–Crippen MR) is 73.5 cm³/mol. The summed E-state index contributed by atoms with van der Waals surface area (Å²) in [5.41, 5.74) is -0.640. The molecule has 0 radical (unpaired) electrons. The molecule has 0 aromatic heterocycles. The van der Waals surface area contributed by atoms with Crippen molar-refractivity contribution in [3.63, 3.8) is 0 Å². The van der Waals surface area contributed by atoms with Crippen molar-refractivity contribution in [1.29, 1.82) is 0 Å². The van der Waals surface area contributed by atoms with Gasteiger partial charge in [0.05, 0.1) is 5.60 Å². The van der Waals surface area contributed by atoms with Crippen LogP contribution in [0.2, 0.25) is 0 Å². The van der Waals surface area contributed by atoms with Crippen LogP contribution in [-0.2, 0) is 4.79 Å². The van der Waals surface area contributed by atoms with Gasteiger partial charge in [0.15, 0.2) is 0 Å². The molecule has 1 heterocycles. The Labute approximate surface area is 113 Å². The van der Waals surface area contributed by atoms with E-state index in [1.54, 1.807) is 0 Å². The number of amides is 1. The Kier molecular flexibility index (Phi) is 3.59. The topological polar surface area (TPSA) is 49.3 Å². The first kappa shape index (κ1) is 12.8. The third-order valence-corrected chi connectivity index (χ3v) is 6.08. The molecular formula is C14H23NO2S. The molecule has 3 rings (SSSR count). The van der Waals surface area contributed by atoms with E-state index < -0.39 is 5.60 Å². The van der Waals surface area contributed by atoms with E-state index in [0.717, 1.165) is 36.7 Å². The summed E-state index contributed by atoms with van der Waals surface area (Å²) in [7, 11) is 0. The quantitative estimate of drug-likeness (QED) is 0.821. The van der Waals surface area contributed by atoms with Crippen LogP contribution in [0.25, 0.3) is 0 Å². The Morgan fingerprint density at radius 2 is 2.06 bits per heavy atom. The minimum Gasteiger partial charge on any atom is -0.388 e. The molecule has 2 bridgehead atoms. The molecule has 1 saturated heterocycles. The van der Waals surface area contributed by atoms with E-state index >= 15 is 0 Å². The largest absolute Gasteiger partial charge is 0.388 e. The highest BCUT2D eigenvalue weighted by Gasteiger charge is 2.43. The molecule has 3 fully saturated rings. The van der Waals surface area contributed by atoms with Crippen molar-refractivity contribution in [3.8, 4) is 0 Å². The molecule has 2 N–H and O–H groups in total. The number of thioether (sulfide) groups is 1. The predicted octanol–water partition coefficient (Wildman–Crippen LogP) is 1.80. The maximum Gasteiger partial charge on any atom is 0.223 e. The van der Waals surface area contributed by atoms with Gasteiger partial charge in [-0.1, -0.05) is 6.42 Å². The van der Waals surface area contributed by atoms with Crippen LogP contribution >= 0.6 is 11.8 Å². The maximum atomic E-state index is 12.2. The fraction of sp³-hybridized carbons (Fsp3) is 0.929. The summed E-state index contributed by atoms with van der Waals surface area (Å²) in [6.07, 6.45) is 6.55. The second-order valence-electron chi connectivity index (χ2n) is 6.34. The van der Waals surface area contributed by atoms with Crippen LogP contribution in [0.4, 0.5) is 0 Å². The van der Waals surface area contributed by atoms with Crippen LogP contribution in [-0.4, -0.2) is 34.7 Å². The Bertz CT molecular complexity index is 328. The smallest absolute Gasteiger partial charge is 0.223 e. The van der Waals surface area contributed by atoms with Crippen LogP contribution in [0, 0.1) is 17.8 Å². The normalized spacial score (nSPS) is 37.7. The molecule has 4 heteroatoms. The van der Waals surface area contributed by atoms with Gasteiger partial charge in [0.2, 0.25) is 5.91 Å². The number of carbonyl (C=O) groups is 1. The highest BCUT2D eigenvalue weighted by molar-refractivity contribution is 7.99. The van der Waals surface area contributed by atoms with E-state index in [0.29, 0.717) is 12.5 Å². The Morgan fingerprint density at radius 3 is 2.67 bits per heavy atom. The van der Waals surface area contributed by atoms with Crippen LogP contribution in [0.5, 0.6) is 0 Å². The van der Waals surface area contributed by atoms with Gasteiger partial charge in [0.1, 0.15) is 0 Å². The summed E-state index contributed by atoms with van der Waals surface area (Å²) in [5, 5.41) is 13.4. The number of aliphatic hydroxyl groups is 1. The first-order valence-corrected chi connectivity index (χ1v) is 8.40. The third kappa shape index (κ3) is 2.55. The van der Waals surface area contributed by atoms with Gasteiger partial charge in [-0.05, 0) is 55.4 Å². The fourth-order valence-corrected chi connectivity index (χ4v) is 5.13. The number of nitrogens with one attached hydrogen (secondary N) is 1. The number of fused-ring (bicyclic) bond motifs is 2. The molecule has 3 atom stereocenters. The average molecular weight is 269 g/mol. The lowest BCUT2D eigenvalue weighted by Crippen LogP contribution is -2.47. The molecule has 3 unspecified atom stereocenters. The van der Waals surface area contributed by atoms with E-state index in [-0.39, 0.29) is 11.8 Å². The minimum atomic E-state index is -0.640. The van der Waals surface area contributed by atoms with Crippen LogP contribution in [0.3, 0.4) is 0 Å². The molecule has 1 amide bonds. The molecular weight excluding hydrogens is 246 g/mol. The zero-order valence-electron chi connectivity index (χ0n) is 10.9. The van der Waals surface area contributed by atoms with Crippen molar-refractivity contribution < 1.29 is 9.90 Å². The van der Waals surface area contributed by atoms with E-state index in [1.807, 2.05) is 11.8 Å². The van der Waals surface area contributed by atoms with E-state index in [4.69, 9.17) is 0 Å². The Morgan fingerprint density at radius 1 is 1.28 bits per heavy atom. The second kappa shape index (κ2) is 5.04. The summed E-state index contributed by atoms with van der Waals surface area (Å²) in [4.78, 5) is 12.2. The number of hydrogen-bond donors (Lipinski definition) is 2. The molecule has 0 spiro atoms. The molecule has 1 aliphatic heterocycles. The van der Waals surface area contributed by atoms with Gasteiger partial charge in [-0.15, -0.1) is 0 Å². The lowest BCUT2D eigenvalue weighted by molar-refractivity contribution is -0.127. The SMILES string of the molecule is O=C(NCC1(O)CCSCC1)C1CC2CCC1C2. The van der Waals surface area contributed by atoms with Crippen LogP contribution < -0.4 is 5.32 Å². The van der Waals surface area contributed by atoms with Crippen molar-refractivity contribution in [2.45, 2.75) is 44.1 Å². The van der Waals surface area contributed by atoms with Gasteiger partial charge in [-0.25, -0.2) is 0 Å². The van der Waals surface area contributed by atoms with Crippen molar-refractivity contribution in [2.24, 2.45) is 17.8 Å². The summed E-state index contributed by atoms with van der Waals surface area (Å²) in [6.45, 7) is 0.459. The average Bonchev–Trinajstić information content (AvgIpc) is 2.99.